The molecule has 0 spiro atoms. The number of Topliss-reactive ketones (excluding diaryl/α,β-unsaturated/α-hetero) is 2. The van der Waals surface area contributed by atoms with Gasteiger partial charge in [0.05, 0.1) is 146 Å². The number of hydrogen-bond acceptors (Lipinski definition) is 27. The third-order valence-corrected chi connectivity index (χ3v) is 17.5. The number of carbonyl (C=O) groups is 7. The van der Waals surface area contributed by atoms with Crippen molar-refractivity contribution in [3.05, 3.63) is 80.6 Å². The zero-order chi connectivity index (χ0) is 74.0. The van der Waals surface area contributed by atoms with Crippen molar-refractivity contribution >= 4 is 58.0 Å². The Kier molecular flexibility index (Phi) is 32.3. The fraction of sp³-hybridized carbons (Fsp3) is 0.614. The number of hydrogen-bond donors (Lipinski definition) is 9. The van der Waals surface area contributed by atoms with Gasteiger partial charge in [0.2, 0.25) is 18.1 Å². The van der Waals surface area contributed by atoms with Crippen LogP contribution in [0.3, 0.4) is 0 Å². The number of aromatic nitrogens is 2. The molecular weight excluding hydrogens is 1340 g/mol. The number of carboxylic acid groups (broad SMARTS) is 1. The van der Waals surface area contributed by atoms with Gasteiger partial charge in [-0.3, -0.25) is 24.0 Å². The predicted octanol–water partition coefficient (Wildman–Crippen LogP) is 2.36. The van der Waals surface area contributed by atoms with E-state index in [1.807, 2.05) is 0 Å². The molecule has 7 rings (SSSR count). The molecule has 3 aliphatic rings. The Labute approximate surface area is 590 Å². The highest BCUT2D eigenvalue weighted by Gasteiger charge is 2.49. The van der Waals surface area contributed by atoms with Gasteiger partial charge in [0.1, 0.15) is 48.8 Å². The fourth-order valence-electron chi connectivity index (χ4n) is 11.6. The second-order valence-corrected chi connectivity index (χ2v) is 25.4. The number of nitrogens with two attached hydrogens (primary N) is 1. The second-order valence-electron chi connectivity index (χ2n) is 25.4. The molecule has 3 amide bonds. The highest BCUT2D eigenvalue weighted by molar-refractivity contribution is 5.98. The number of ketones is 2. The SMILES string of the molecule is CC[C@@]1(O)C(=O)OCc2c1cc1n(c2=O)Cc2cc3c(CN(C)C(=O)OCc4ccc(NC(=O)[C@H](C)CC(=O)[C@@H](NC(=O)[C@H](CCCCN)CC(=O)CCOCCOCCOCCOCCOCCOCCOCCOC)C(C)C)c(O[C@@H]5O[C@H](C(=O)O)[C@@H](O)[C@H](O)[C@H]5O)c4)c(O)ccc3nc2-1. The number of benzene rings is 2. The van der Waals surface area contributed by atoms with Gasteiger partial charge >= 0.3 is 18.0 Å². The van der Waals surface area contributed by atoms with Crippen LogP contribution in [-0.4, -0.2) is 243 Å². The van der Waals surface area contributed by atoms with Gasteiger partial charge in [0.15, 0.2) is 17.5 Å². The van der Waals surface area contributed by atoms with Crippen LogP contribution in [0.5, 0.6) is 11.5 Å². The van der Waals surface area contributed by atoms with Crippen LogP contribution in [0, 0.1) is 17.8 Å². The summed E-state index contributed by atoms with van der Waals surface area (Å²) in [7, 11) is 3.02. The molecular formula is C70H98N6O26. The van der Waals surface area contributed by atoms with Crippen molar-refractivity contribution in [1.29, 1.82) is 0 Å². The fourth-order valence-corrected chi connectivity index (χ4v) is 11.6. The molecule has 9 atom stereocenters. The van der Waals surface area contributed by atoms with Gasteiger partial charge in [-0.05, 0) is 73.7 Å². The van der Waals surface area contributed by atoms with E-state index in [2.05, 4.69) is 10.6 Å². The van der Waals surface area contributed by atoms with Crippen LogP contribution >= 0.6 is 0 Å². The molecule has 5 heterocycles. The molecule has 102 heavy (non-hydrogen) atoms. The van der Waals surface area contributed by atoms with Gasteiger partial charge in [0, 0.05) is 67.3 Å². The van der Waals surface area contributed by atoms with E-state index in [1.54, 1.807) is 46.1 Å². The number of ether oxygens (including phenoxy) is 12. The number of unbranched alkanes of at least 4 members (excludes halogenated alkanes) is 1. The number of phenolic OH excluding ortho intramolecular Hbond substituents is 1. The molecule has 2 aromatic carbocycles. The number of nitrogens with one attached hydrogen (secondary N) is 2. The second kappa shape index (κ2) is 40.4. The summed E-state index contributed by atoms with van der Waals surface area (Å²) in [4.78, 5) is 114. The number of amides is 3. The van der Waals surface area contributed by atoms with Gasteiger partial charge in [-0.15, -0.1) is 0 Å². The first-order valence-electron chi connectivity index (χ1n) is 34.2. The molecule has 1 fully saturated rings. The van der Waals surface area contributed by atoms with Crippen LogP contribution in [0.15, 0.2) is 47.3 Å². The van der Waals surface area contributed by atoms with Crippen LogP contribution in [0.4, 0.5) is 10.5 Å². The number of carboxylic acids is 1. The molecule has 32 nitrogen and oxygen atoms in total. The minimum atomic E-state index is -2.08. The number of anilines is 1. The summed E-state index contributed by atoms with van der Waals surface area (Å²) in [6.45, 7) is 11.8. The van der Waals surface area contributed by atoms with Gasteiger partial charge in [-0.25, -0.2) is 19.4 Å². The summed E-state index contributed by atoms with van der Waals surface area (Å²) in [5, 5.41) is 70.3. The molecule has 564 valence electrons. The monoisotopic (exact) mass is 1440 g/mol. The maximum Gasteiger partial charge on any atom is 0.410 e. The number of aliphatic hydroxyl groups excluding tert-OH is 3. The predicted molar refractivity (Wildman–Crippen MR) is 362 cm³/mol. The van der Waals surface area contributed by atoms with Crippen molar-refractivity contribution < 1.29 is 121 Å². The Bertz CT molecular complexity index is 3540. The highest BCUT2D eigenvalue weighted by atomic mass is 16.7. The molecule has 4 aromatic rings. The normalized spacial score (nSPS) is 19.3. The lowest BCUT2D eigenvalue weighted by Crippen LogP contribution is -2.61. The Morgan fingerprint density at radius 1 is 0.784 bits per heavy atom. The van der Waals surface area contributed by atoms with Crippen LogP contribution in [0.25, 0.3) is 22.3 Å². The summed E-state index contributed by atoms with van der Waals surface area (Å²) in [5.74, 6) is -7.38. The molecule has 1 saturated heterocycles. The quantitative estimate of drug-likeness (QED) is 0.0199. The molecule has 10 N–H and O–H groups in total. The topological polar surface area (TPSA) is 440 Å². The Morgan fingerprint density at radius 3 is 1.99 bits per heavy atom. The number of nitrogens with zero attached hydrogens (tertiary/aromatic N) is 3. The number of carbonyl (C=O) groups excluding carboxylic acids is 6. The van der Waals surface area contributed by atoms with Gasteiger partial charge in [0.25, 0.3) is 5.56 Å². The molecule has 32 heteroatoms. The summed E-state index contributed by atoms with van der Waals surface area (Å²) in [5.41, 5.74) is 5.67. The van der Waals surface area contributed by atoms with Crippen molar-refractivity contribution in [1.82, 2.24) is 19.8 Å². The molecule has 0 radical (unpaired) electrons. The lowest BCUT2D eigenvalue weighted by molar-refractivity contribution is -0.271. The number of rotatable bonds is 46. The summed E-state index contributed by atoms with van der Waals surface area (Å²) < 4.78 is 67.0. The van der Waals surface area contributed by atoms with Crippen molar-refractivity contribution in [3.8, 4) is 22.9 Å². The van der Waals surface area contributed by atoms with Gasteiger partial charge in [-0.2, -0.15) is 0 Å². The van der Waals surface area contributed by atoms with E-state index in [0.29, 0.717) is 133 Å². The van der Waals surface area contributed by atoms with E-state index in [4.69, 9.17) is 67.6 Å². The summed E-state index contributed by atoms with van der Waals surface area (Å²) in [6.07, 6.45) is -10.2. The number of aliphatic hydroxyl groups is 4. The third-order valence-electron chi connectivity index (χ3n) is 17.5. The number of aliphatic carboxylic acids is 1. The maximum absolute atomic E-state index is 14.1. The Morgan fingerprint density at radius 2 is 1.40 bits per heavy atom. The number of cyclic esters (lactones) is 1. The molecule has 0 aliphatic carbocycles. The number of pyridine rings is 2. The Hall–Kier alpha value is -7.67. The van der Waals surface area contributed by atoms with Crippen molar-refractivity contribution in [2.24, 2.45) is 23.5 Å². The average Bonchev–Trinajstić information content (AvgIpc) is 1.51. The van der Waals surface area contributed by atoms with Crippen LogP contribution < -0.4 is 26.7 Å². The minimum Gasteiger partial charge on any atom is -0.508 e. The summed E-state index contributed by atoms with van der Waals surface area (Å²) >= 11 is 0. The van der Waals surface area contributed by atoms with Crippen LogP contribution in [-0.2, 0) is 113 Å². The smallest absolute Gasteiger partial charge is 0.410 e. The van der Waals surface area contributed by atoms with Crippen molar-refractivity contribution in [2.45, 2.75) is 141 Å². The van der Waals surface area contributed by atoms with Crippen molar-refractivity contribution in [2.75, 3.05) is 125 Å². The molecule has 3 aliphatic heterocycles. The Balaban J connectivity index is 0.902. The van der Waals surface area contributed by atoms with E-state index >= 15 is 0 Å². The van der Waals surface area contributed by atoms with E-state index < -0.39 is 108 Å². The van der Waals surface area contributed by atoms with Gasteiger partial charge in [-0.1, -0.05) is 40.2 Å². The first-order valence-corrected chi connectivity index (χ1v) is 34.2. The van der Waals surface area contributed by atoms with Crippen LogP contribution in [0.1, 0.15) is 100 Å². The van der Waals surface area contributed by atoms with E-state index in [1.165, 1.54) is 42.8 Å². The number of fused-ring (bicyclic) bond motifs is 5. The average molecular weight is 1440 g/mol. The standard InChI is InChI=1S/C70H98N6O26/c1-7-70(90)50-36-53-58-45(37-76(53)65(85)49(50)40-99-68(70)88)35-47-48(54(78)14-13-51(47)72-58)38-75(5)69(89)100-39-43-11-12-52(56(33-43)101-67-61(82)59(80)60(81)62(102-67)66(86)87)73-63(83)42(4)32-55(79)57(41(2)3)74-64(84)44(10-8-9-16-71)34-46(77)15-17-92-20-21-94-24-25-96-28-29-98-31-30-97-27-26-95-23-22-93-19-18-91-6/h11-14,33,35-36,41-42,44,57,59-62,67,78,80-82,90H,7-10,15-32,34,37-40,71H2,1-6H3,(H,73,83)(H,74,84)(H,86,87)/t42-,44-,57+,59+,60+,61-,62+,67-,70+/m1/s1. The zero-order valence-electron chi connectivity index (χ0n) is 58.6. The van der Waals surface area contributed by atoms with Crippen molar-refractivity contribution in [3.63, 3.8) is 0 Å². The molecule has 2 aromatic heterocycles. The van der Waals surface area contributed by atoms with Crippen LogP contribution in [0.2, 0.25) is 0 Å². The molecule has 0 bridgehead atoms. The molecule has 0 saturated carbocycles. The number of methoxy groups -OCH3 is 1. The third kappa shape index (κ3) is 22.4. The number of phenols is 1. The molecule has 0 unspecified atom stereocenters. The summed E-state index contributed by atoms with van der Waals surface area (Å²) in [6, 6.07) is 9.21. The number of esters is 1. The largest absolute Gasteiger partial charge is 0.508 e. The maximum atomic E-state index is 14.1. The van der Waals surface area contributed by atoms with E-state index in [-0.39, 0.29) is 110 Å². The van der Waals surface area contributed by atoms with Gasteiger partial charge < -0.3 is 113 Å². The number of aromatic hydroxyl groups is 1. The van der Waals surface area contributed by atoms with E-state index in [0.717, 1.165) is 4.90 Å². The zero-order valence-corrected chi connectivity index (χ0v) is 58.6. The lowest BCUT2D eigenvalue weighted by Gasteiger charge is -2.38. The highest BCUT2D eigenvalue weighted by Crippen LogP contribution is 2.40. The first-order chi connectivity index (χ1) is 48.9. The minimum absolute atomic E-state index is 0.0293. The lowest BCUT2D eigenvalue weighted by atomic mass is 9.86. The van der Waals surface area contributed by atoms with E-state index in [9.17, 15) is 69.0 Å². The first kappa shape index (κ1) is 81.6.